The first-order valence-corrected chi connectivity index (χ1v) is 5.67. The summed E-state index contributed by atoms with van der Waals surface area (Å²) < 4.78 is 0. The minimum Gasteiger partial charge on any atom is -0.333 e. The van der Waals surface area contributed by atoms with Crippen molar-refractivity contribution in [1.82, 2.24) is 4.90 Å². The molecule has 1 rings (SSSR count). The van der Waals surface area contributed by atoms with Gasteiger partial charge in [-0.25, -0.2) is 0 Å². The summed E-state index contributed by atoms with van der Waals surface area (Å²) in [5.41, 5.74) is 0. The predicted octanol–water partition coefficient (Wildman–Crippen LogP) is 2.40. The van der Waals surface area contributed by atoms with Crippen LogP contribution in [0.2, 0.25) is 0 Å². The largest absolute Gasteiger partial charge is 0.333 e. The van der Waals surface area contributed by atoms with E-state index in [0.717, 1.165) is 13.0 Å². The minimum atomic E-state index is 0.263. The van der Waals surface area contributed by atoms with Gasteiger partial charge >= 0.3 is 0 Å². The maximum Gasteiger partial charge on any atom is 0.223 e. The third-order valence-corrected chi connectivity index (χ3v) is 2.70. The third-order valence-electron chi connectivity index (χ3n) is 2.36. The molecule has 0 aromatic heterocycles. The first-order valence-electron chi connectivity index (χ1n) is 5.03. The van der Waals surface area contributed by atoms with Gasteiger partial charge in [0.25, 0.3) is 0 Å². The lowest BCUT2D eigenvalue weighted by atomic mass is 9.95. The summed E-state index contributed by atoms with van der Waals surface area (Å²) >= 11 is 4.09. The molecule has 1 heterocycles. The van der Waals surface area contributed by atoms with Crippen LogP contribution < -0.4 is 0 Å². The van der Waals surface area contributed by atoms with Crippen molar-refractivity contribution in [2.75, 3.05) is 12.4 Å². The molecule has 0 aliphatic carbocycles. The van der Waals surface area contributed by atoms with Gasteiger partial charge < -0.3 is 4.90 Å². The molecule has 0 unspecified atom stereocenters. The van der Waals surface area contributed by atoms with Crippen LogP contribution in [0.1, 0.15) is 34.1 Å². The average molecular weight is 203 g/mol. The van der Waals surface area contributed by atoms with E-state index in [1.807, 2.05) is 18.7 Å². The van der Waals surface area contributed by atoms with Crippen molar-refractivity contribution in [3.8, 4) is 0 Å². The van der Waals surface area contributed by atoms with E-state index in [0.29, 0.717) is 17.7 Å². The van der Waals surface area contributed by atoms with Gasteiger partial charge in [-0.2, -0.15) is 12.6 Å². The van der Waals surface area contributed by atoms with Gasteiger partial charge in [-0.3, -0.25) is 4.79 Å². The Hall–Kier alpha value is -0.180. The summed E-state index contributed by atoms with van der Waals surface area (Å²) in [5.74, 6) is 2.00. The van der Waals surface area contributed by atoms with E-state index in [-0.39, 0.29) is 5.91 Å². The number of thiol groups is 1. The molecular formula is C10H21NOS. The zero-order valence-corrected chi connectivity index (χ0v) is 9.97. The number of carbonyl (C=O) groups excluding carboxylic acids is 1. The zero-order chi connectivity index (χ0) is 10.4. The van der Waals surface area contributed by atoms with Crippen LogP contribution in [0.25, 0.3) is 0 Å². The van der Waals surface area contributed by atoms with Crippen LogP contribution in [0.15, 0.2) is 0 Å². The van der Waals surface area contributed by atoms with Crippen molar-refractivity contribution < 1.29 is 4.79 Å². The summed E-state index contributed by atoms with van der Waals surface area (Å²) in [4.78, 5) is 13.0. The van der Waals surface area contributed by atoms with E-state index in [2.05, 4.69) is 26.5 Å². The highest BCUT2D eigenvalue weighted by molar-refractivity contribution is 7.80. The summed E-state index contributed by atoms with van der Waals surface area (Å²) in [7, 11) is 0. The second kappa shape index (κ2) is 6.30. The molecule has 1 aliphatic rings. The van der Waals surface area contributed by atoms with E-state index in [1.54, 1.807) is 0 Å². The maximum atomic E-state index is 11.2. The van der Waals surface area contributed by atoms with Gasteiger partial charge in [0, 0.05) is 13.0 Å². The van der Waals surface area contributed by atoms with Gasteiger partial charge in [0.2, 0.25) is 5.91 Å². The van der Waals surface area contributed by atoms with Crippen LogP contribution in [-0.4, -0.2) is 23.2 Å². The first-order chi connectivity index (χ1) is 6.15. The van der Waals surface area contributed by atoms with Crippen molar-refractivity contribution in [2.45, 2.75) is 34.1 Å². The molecule has 0 N–H and O–H groups in total. The highest BCUT2D eigenvalue weighted by atomic mass is 32.1. The number of hydrogen-bond acceptors (Lipinski definition) is 2. The summed E-state index contributed by atoms with van der Waals surface area (Å²) in [5, 5.41) is 0. The number of amides is 1. The molecule has 0 spiro atoms. The van der Waals surface area contributed by atoms with Crippen LogP contribution >= 0.6 is 12.6 Å². The second-order valence-electron chi connectivity index (χ2n) is 3.47. The van der Waals surface area contributed by atoms with E-state index < -0.39 is 0 Å². The van der Waals surface area contributed by atoms with E-state index in [1.165, 1.54) is 0 Å². The average Bonchev–Trinajstić information content (AvgIpc) is 2.50. The fourth-order valence-corrected chi connectivity index (χ4v) is 1.66. The van der Waals surface area contributed by atoms with Crippen LogP contribution in [0.3, 0.4) is 0 Å². The summed E-state index contributed by atoms with van der Waals surface area (Å²) in [6.07, 6.45) is 0.720. The molecule has 3 heteroatoms. The normalized spacial score (nSPS) is 21.8. The van der Waals surface area contributed by atoms with E-state index in [9.17, 15) is 4.79 Å². The van der Waals surface area contributed by atoms with Gasteiger partial charge in [-0.1, -0.05) is 27.7 Å². The monoisotopic (exact) mass is 203 g/mol. The van der Waals surface area contributed by atoms with E-state index in [4.69, 9.17) is 0 Å². The number of nitrogens with zero attached hydrogens (tertiary/aromatic N) is 1. The fourth-order valence-electron chi connectivity index (χ4n) is 1.39. The predicted molar refractivity (Wildman–Crippen MR) is 59.9 cm³/mol. The van der Waals surface area contributed by atoms with Crippen LogP contribution in [-0.2, 0) is 4.79 Å². The van der Waals surface area contributed by atoms with Crippen LogP contribution in [0.4, 0.5) is 0 Å². The lowest BCUT2D eigenvalue weighted by molar-refractivity contribution is -0.126. The van der Waals surface area contributed by atoms with Crippen molar-refractivity contribution in [1.29, 1.82) is 0 Å². The van der Waals surface area contributed by atoms with Crippen molar-refractivity contribution in [2.24, 2.45) is 11.8 Å². The Morgan fingerprint density at radius 1 is 1.54 bits per heavy atom. The molecule has 0 aromatic carbocycles. The third kappa shape index (κ3) is 3.59. The SMILES string of the molecule is CC.CC(C)[C@H]1CC(=O)N(CS)C1. The Labute approximate surface area is 87.1 Å². The van der Waals surface area contributed by atoms with Gasteiger partial charge in [0.05, 0.1) is 5.88 Å². The van der Waals surface area contributed by atoms with Crippen molar-refractivity contribution >= 4 is 18.5 Å². The molecule has 1 amide bonds. The maximum absolute atomic E-state index is 11.2. The zero-order valence-electron chi connectivity index (χ0n) is 9.08. The van der Waals surface area contributed by atoms with Gasteiger partial charge in [0.1, 0.15) is 0 Å². The number of hydrogen-bond donors (Lipinski definition) is 1. The molecule has 1 fully saturated rings. The number of carbonyl (C=O) groups is 1. The lowest BCUT2D eigenvalue weighted by Gasteiger charge is -2.14. The summed E-state index contributed by atoms with van der Waals surface area (Å²) in [6, 6.07) is 0. The molecule has 78 valence electrons. The molecule has 1 aliphatic heterocycles. The smallest absolute Gasteiger partial charge is 0.223 e. The molecule has 0 radical (unpaired) electrons. The second-order valence-corrected chi connectivity index (χ2v) is 3.75. The first kappa shape index (κ1) is 12.8. The molecular weight excluding hydrogens is 182 g/mol. The van der Waals surface area contributed by atoms with E-state index >= 15 is 0 Å². The van der Waals surface area contributed by atoms with Crippen molar-refractivity contribution in [3.05, 3.63) is 0 Å². The molecule has 0 saturated carbocycles. The van der Waals surface area contributed by atoms with Crippen LogP contribution in [0.5, 0.6) is 0 Å². The lowest BCUT2D eigenvalue weighted by Crippen LogP contribution is -2.23. The Morgan fingerprint density at radius 2 is 2.08 bits per heavy atom. The number of rotatable bonds is 2. The summed E-state index contributed by atoms with van der Waals surface area (Å²) in [6.45, 7) is 9.24. The Morgan fingerprint density at radius 3 is 2.31 bits per heavy atom. The van der Waals surface area contributed by atoms with Gasteiger partial charge in [-0.05, 0) is 11.8 Å². The molecule has 2 nitrogen and oxygen atoms in total. The van der Waals surface area contributed by atoms with Gasteiger partial charge in [0.15, 0.2) is 0 Å². The quantitative estimate of drug-likeness (QED) is 0.683. The Bertz CT molecular complexity index is 159. The topological polar surface area (TPSA) is 20.3 Å². The number of likely N-dealkylation sites (tertiary alicyclic amines) is 1. The molecule has 0 bridgehead atoms. The van der Waals surface area contributed by atoms with Gasteiger partial charge in [-0.15, -0.1) is 0 Å². The molecule has 1 atom stereocenters. The van der Waals surface area contributed by atoms with Crippen LogP contribution in [0, 0.1) is 11.8 Å². The molecule has 13 heavy (non-hydrogen) atoms. The molecule has 0 aromatic rings. The minimum absolute atomic E-state index is 0.263. The fraction of sp³-hybridized carbons (Fsp3) is 0.900. The standard InChI is InChI=1S/C8H15NOS.C2H6/c1-6(2)7-3-8(10)9(4-7)5-11;1-2/h6-7,11H,3-5H2,1-2H3;1-2H3/t7-;/m0./s1. The highest BCUT2D eigenvalue weighted by Gasteiger charge is 2.30. The Balaban J connectivity index is 0.000000671. The molecule has 1 saturated heterocycles. The highest BCUT2D eigenvalue weighted by Crippen LogP contribution is 2.24. The van der Waals surface area contributed by atoms with Crippen molar-refractivity contribution in [3.63, 3.8) is 0 Å². The Kier molecular flexibility index (Phi) is 6.21.